The molecule has 0 amide bonds. The molecule has 5 heteroatoms. The lowest BCUT2D eigenvalue weighted by Crippen LogP contribution is -2.44. The minimum absolute atomic E-state index is 0.820. The van der Waals surface area contributed by atoms with Gasteiger partial charge in [0.1, 0.15) is 0 Å². The summed E-state index contributed by atoms with van der Waals surface area (Å²) in [4.78, 5) is 4.80. The third kappa shape index (κ3) is 2.36. The van der Waals surface area contributed by atoms with Crippen molar-refractivity contribution < 1.29 is 0 Å². The number of piperazine rings is 1. The molecule has 1 aliphatic rings. The standard InChI is InChI=1S/C11H21N5/c1-3-16-11(10(12)8-13-16)9-15-6-4-14(2)5-7-15/h8H,3-7,9,12H2,1-2H3. The van der Waals surface area contributed by atoms with Crippen LogP contribution in [0.25, 0.3) is 0 Å². The van der Waals surface area contributed by atoms with Gasteiger partial charge >= 0.3 is 0 Å². The maximum absolute atomic E-state index is 5.94. The van der Waals surface area contributed by atoms with Crippen molar-refractivity contribution >= 4 is 5.69 Å². The van der Waals surface area contributed by atoms with E-state index in [2.05, 4.69) is 28.9 Å². The van der Waals surface area contributed by atoms with Gasteiger partial charge in [0.05, 0.1) is 17.6 Å². The van der Waals surface area contributed by atoms with Crippen LogP contribution < -0.4 is 5.73 Å². The smallest absolute Gasteiger partial charge is 0.0753 e. The van der Waals surface area contributed by atoms with Gasteiger partial charge in [-0.15, -0.1) is 0 Å². The second-order valence-electron chi connectivity index (χ2n) is 4.44. The number of aromatic nitrogens is 2. The molecule has 16 heavy (non-hydrogen) atoms. The van der Waals surface area contributed by atoms with Crippen molar-refractivity contribution in [2.45, 2.75) is 20.0 Å². The number of likely N-dealkylation sites (N-methyl/N-ethyl adjacent to an activating group) is 1. The van der Waals surface area contributed by atoms with Crippen molar-refractivity contribution in [3.63, 3.8) is 0 Å². The molecule has 1 aliphatic heterocycles. The Kier molecular flexibility index (Phi) is 3.46. The van der Waals surface area contributed by atoms with E-state index < -0.39 is 0 Å². The molecule has 2 N–H and O–H groups in total. The summed E-state index contributed by atoms with van der Waals surface area (Å²) in [7, 11) is 2.17. The summed E-state index contributed by atoms with van der Waals surface area (Å²) in [5, 5.41) is 4.27. The van der Waals surface area contributed by atoms with E-state index in [1.54, 1.807) is 6.20 Å². The van der Waals surface area contributed by atoms with E-state index in [1.807, 2.05) is 4.68 Å². The van der Waals surface area contributed by atoms with Crippen molar-refractivity contribution in [2.75, 3.05) is 39.0 Å². The molecule has 0 spiro atoms. The van der Waals surface area contributed by atoms with Crippen LogP contribution in [0.4, 0.5) is 5.69 Å². The number of anilines is 1. The van der Waals surface area contributed by atoms with Crippen LogP contribution in [0.1, 0.15) is 12.6 Å². The molecule has 0 saturated carbocycles. The van der Waals surface area contributed by atoms with Gasteiger partial charge < -0.3 is 10.6 Å². The summed E-state index contributed by atoms with van der Waals surface area (Å²) in [6.45, 7) is 8.42. The fourth-order valence-electron chi connectivity index (χ4n) is 2.09. The molecule has 0 unspecified atom stereocenters. The Hall–Kier alpha value is -1.07. The van der Waals surface area contributed by atoms with Crippen molar-refractivity contribution in [3.8, 4) is 0 Å². The maximum Gasteiger partial charge on any atom is 0.0753 e. The molecule has 0 atom stereocenters. The number of nitrogens with zero attached hydrogens (tertiary/aromatic N) is 4. The molecule has 1 aromatic rings. The maximum atomic E-state index is 5.94. The second kappa shape index (κ2) is 4.84. The van der Waals surface area contributed by atoms with E-state index in [4.69, 9.17) is 5.73 Å². The molecular formula is C11H21N5. The van der Waals surface area contributed by atoms with E-state index in [-0.39, 0.29) is 0 Å². The Labute approximate surface area is 96.8 Å². The number of rotatable bonds is 3. The van der Waals surface area contributed by atoms with Crippen molar-refractivity contribution in [3.05, 3.63) is 11.9 Å². The first-order valence-electron chi connectivity index (χ1n) is 5.91. The van der Waals surface area contributed by atoms with Crippen LogP contribution in [0.15, 0.2) is 6.20 Å². The van der Waals surface area contributed by atoms with Crippen LogP contribution in [0.2, 0.25) is 0 Å². The highest BCUT2D eigenvalue weighted by molar-refractivity contribution is 5.40. The summed E-state index contributed by atoms with van der Waals surface area (Å²) < 4.78 is 1.99. The van der Waals surface area contributed by atoms with E-state index in [0.717, 1.165) is 50.6 Å². The molecule has 5 nitrogen and oxygen atoms in total. The third-order valence-corrected chi connectivity index (χ3v) is 3.25. The summed E-state index contributed by atoms with van der Waals surface area (Å²) in [5.74, 6) is 0. The zero-order valence-electron chi connectivity index (χ0n) is 10.2. The molecule has 1 fully saturated rings. The lowest BCUT2D eigenvalue weighted by atomic mass is 10.3. The van der Waals surface area contributed by atoms with E-state index in [1.165, 1.54) is 0 Å². The van der Waals surface area contributed by atoms with Crippen molar-refractivity contribution in [2.24, 2.45) is 0 Å². The molecule has 1 saturated heterocycles. The highest BCUT2D eigenvalue weighted by atomic mass is 15.3. The fraction of sp³-hybridized carbons (Fsp3) is 0.727. The minimum Gasteiger partial charge on any atom is -0.396 e. The first-order valence-corrected chi connectivity index (χ1v) is 5.91. The lowest BCUT2D eigenvalue weighted by Gasteiger charge is -2.32. The van der Waals surface area contributed by atoms with Gasteiger partial charge in [-0.2, -0.15) is 5.10 Å². The van der Waals surface area contributed by atoms with Crippen LogP contribution in [0, 0.1) is 0 Å². The Morgan fingerprint density at radius 3 is 2.62 bits per heavy atom. The zero-order chi connectivity index (χ0) is 11.5. The molecule has 1 aromatic heterocycles. The number of nitrogens with two attached hydrogens (primary N) is 1. The molecule has 0 bridgehead atoms. The largest absolute Gasteiger partial charge is 0.396 e. The first kappa shape index (κ1) is 11.4. The molecule has 0 aliphatic carbocycles. The summed E-state index contributed by atoms with van der Waals surface area (Å²) in [6.07, 6.45) is 1.76. The Bertz CT molecular complexity index is 338. The lowest BCUT2D eigenvalue weighted by molar-refractivity contribution is 0.145. The predicted octanol–water partition coefficient (Wildman–Crippen LogP) is 0.233. The van der Waals surface area contributed by atoms with E-state index >= 15 is 0 Å². The summed E-state index contributed by atoms with van der Waals surface area (Å²) in [5.41, 5.74) is 7.92. The predicted molar refractivity (Wildman–Crippen MR) is 65.1 cm³/mol. The Balaban J connectivity index is 2.00. The van der Waals surface area contributed by atoms with Gasteiger partial charge in [0.25, 0.3) is 0 Å². The molecule has 90 valence electrons. The van der Waals surface area contributed by atoms with Crippen LogP contribution in [-0.2, 0) is 13.1 Å². The normalized spacial score (nSPS) is 19.1. The van der Waals surface area contributed by atoms with Gasteiger partial charge in [0.2, 0.25) is 0 Å². The quantitative estimate of drug-likeness (QED) is 0.797. The fourth-order valence-corrected chi connectivity index (χ4v) is 2.09. The molecule has 2 rings (SSSR count). The third-order valence-electron chi connectivity index (χ3n) is 3.25. The van der Waals surface area contributed by atoms with Crippen LogP contribution in [-0.4, -0.2) is 52.8 Å². The summed E-state index contributed by atoms with van der Waals surface area (Å²) in [6, 6.07) is 0. The monoisotopic (exact) mass is 223 g/mol. The molecule has 0 radical (unpaired) electrons. The number of nitrogen functional groups attached to an aromatic ring is 1. The van der Waals surface area contributed by atoms with Gasteiger partial charge in [-0.05, 0) is 14.0 Å². The molecule has 2 heterocycles. The highest BCUT2D eigenvalue weighted by Gasteiger charge is 2.17. The van der Waals surface area contributed by atoms with E-state index in [9.17, 15) is 0 Å². The average molecular weight is 223 g/mol. The van der Waals surface area contributed by atoms with E-state index in [0.29, 0.717) is 0 Å². The van der Waals surface area contributed by atoms with Crippen LogP contribution in [0.5, 0.6) is 0 Å². The Morgan fingerprint density at radius 2 is 2.00 bits per heavy atom. The van der Waals surface area contributed by atoms with Crippen molar-refractivity contribution in [1.82, 2.24) is 19.6 Å². The summed E-state index contributed by atoms with van der Waals surface area (Å²) >= 11 is 0. The van der Waals surface area contributed by atoms with Gasteiger partial charge in [-0.25, -0.2) is 0 Å². The number of hydrogen-bond acceptors (Lipinski definition) is 4. The van der Waals surface area contributed by atoms with Gasteiger partial charge in [0, 0.05) is 39.3 Å². The van der Waals surface area contributed by atoms with Gasteiger partial charge in [0.15, 0.2) is 0 Å². The number of aryl methyl sites for hydroxylation is 1. The highest BCUT2D eigenvalue weighted by Crippen LogP contribution is 2.14. The topological polar surface area (TPSA) is 50.3 Å². The molecule has 0 aromatic carbocycles. The number of hydrogen-bond donors (Lipinski definition) is 1. The van der Waals surface area contributed by atoms with Gasteiger partial charge in [-0.3, -0.25) is 9.58 Å². The average Bonchev–Trinajstić information content (AvgIpc) is 2.63. The minimum atomic E-state index is 0.820. The molecular weight excluding hydrogens is 202 g/mol. The first-order chi connectivity index (χ1) is 7.70. The second-order valence-corrected chi connectivity index (χ2v) is 4.44. The van der Waals surface area contributed by atoms with Gasteiger partial charge in [-0.1, -0.05) is 0 Å². The van der Waals surface area contributed by atoms with Crippen LogP contribution >= 0.6 is 0 Å². The SMILES string of the molecule is CCn1ncc(N)c1CN1CCN(C)CC1. The Morgan fingerprint density at radius 1 is 1.31 bits per heavy atom. The van der Waals surface area contributed by atoms with Crippen LogP contribution in [0.3, 0.4) is 0 Å². The van der Waals surface area contributed by atoms with Crippen molar-refractivity contribution in [1.29, 1.82) is 0 Å². The zero-order valence-corrected chi connectivity index (χ0v) is 10.2.